The van der Waals surface area contributed by atoms with Crippen LogP contribution >= 0.6 is 0 Å². The topological polar surface area (TPSA) is 89.8 Å². The Balaban J connectivity index is 1.65. The zero-order valence-corrected chi connectivity index (χ0v) is 16.5. The molecule has 0 bridgehead atoms. The molecule has 2 aromatic heterocycles. The fourth-order valence-corrected chi connectivity index (χ4v) is 3.64. The van der Waals surface area contributed by atoms with Crippen molar-refractivity contribution in [1.29, 1.82) is 5.26 Å². The maximum atomic E-state index is 9.07. The molecule has 0 fully saturated rings. The van der Waals surface area contributed by atoms with Crippen LogP contribution in [-0.2, 0) is 11.3 Å². The van der Waals surface area contributed by atoms with Gasteiger partial charge < -0.3 is 15.0 Å². The molecular weight excluding hydrogens is 362 g/mol. The lowest BCUT2D eigenvalue weighted by Crippen LogP contribution is -2.20. The molecule has 2 heterocycles. The number of nitriles is 1. The summed E-state index contributed by atoms with van der Waals surface area (Å²) in [6.45, 7) is 5.32. The van der Waals surface area contributed by atoms with Gasteiger partial charge in [0.25, 0.3) is 0 Å². The molecule has 1 atom stereocenters. The van der Waals surface area contributed by atoms with Gasteiger partial charge in [0.2, 0.25) is 0 Å². The van der Waals surface area contributed by atoms with E-state index in [1.807, 2.05) is 48.8 Å². The quantitative estimate of drug-likeness (QED) is 0.529. The first-order valence-electron chi connectivity index (χ1n) is 9.66. The van der Waals surface area contributed by atoms with Crippen LogP contribution in [0, 0.1) is 17.2 Å². The number of hydrogen-bond acceptors (Lipinski definition) is 5. The standard InChI is InChI=1S/C23H23N5O/c1-15(2)20(13-29-12-17-7-5-6-16(10-17)11-24)28-14-26-21-22(28)18-8-3-4-9-19(18)27-23(21)25/h3-10,14-15,20H,12-13H2,1-2H3,(H2,25,27). The van der Waals surface area contributed by atoms with Gasteiger partial charge in [-0.15, -0.1) is 0 Å². The van der Waals surface area contributed by atoms with Crippen molar-refractivity contribution >= 4 is 27.8 Å². The lowest BCUT2D eigenvalue weighted by Gasteiger charge is -2.24. The fourth-order valence-electron chi connectivity index (χ4n) is 3.64. The van der Waals surface area contributed by atoms with Gasteiger partial charge in [0.15, 0.2) is 5.82 Å². The first-order chi connectivity index (χ1) is 14.1. The van der Waals surface area contributed by atoms with Gasteiger partial charge in [-0.3, -0.25) is 0 Å². The Labute approximate surface area is 169 Å². The molecule has 4 rings (SSSR count). The third-order valence-electron chi connectivity index (χ3n) is 5.18. The van der Waals surface area contributed by atoms with Crippen LogP contribution in [0.3, 0.4) is 0 Å². The Morgan fingerprint density at radius 1 is 1.17 bits per heavy atom. The van der Waals surface area contributed by atoms with Gasteiger partial charge in [0, 0.05) is 5.39 Å². The van der Waals surface area contributed by atoms with Crippen LogP contribution in [-0.4, -0.2) is 21.1 Å². The molecule has 0 aliphatic heterocycles. The molecule has 6 heteroatoms. The van der Waals surface area contributed by atoms with E-state index >= 15 is 0 Å². The van der Waals surface area contributed by atoms with E-state index in [4.69, 9.17) is 15.7 Å². The predicted molar refractivity (Wildman–Crippen MR) is 114 cm³/mol. The van der Waals surface area contributed by atoms with E-state index in [9.17, 15) is 0 Å². The molecular formula is C23H23N5O. The summed E-state index contributed by atoms with van der Waals surface area (Å²) in [6, 6.07) is 17.7. The summed E-state index contributed by atoms with van der Waals surface area (Å²) in [6.07, 6.45) is 1.83. The Morgan fingerprint density at radius 3 is 2.79 bits per heavy atom. The third-order valence-corrected chi connectivity index (χ3v) is 5.18. The summed E-state index contributed by atoms with van der Waals surface area (Å²) < 4.78 is 8.21. The second-order valence-electron chi connectivity index (χ2n) is 7.50. The van der Waals surface area contributed by atoms with E-state index in [1.54, 1.807) is 6.07 Å². The monoisotopic (exact) mass is 385 g/mol. The van der Waals surface area contributed by atoms with E-state index in [-0.39, 0.29) is 6.04 Å². The molecule has 146 valence electrons. The zero-order valence-electron chi connectivity index (χ0n) is 16.5. The van der Waals surface area contributed by atoms with Crippen LogP contribution < -0.4 is 5.73 Å². The second-order valence-corrected chi connectivity index (χ2v) is 7.50. The number of para-hydroxylation sites is 1. The van der Waals surface area contributed by atoms with Crippen molar-refractivity contribution in [3.8, 4) is 6.07 Å². The van der Waals surface area contributed by atoms with E-state index < -0.39 is 0 Å². The van der Waals surface area contributed by atoms with Crippen LogP contribution in [0.5, 0.6) is 0 Å². The smallest absolute Gasteiger partial charge is 0.152 e. The van der Waals surface area contributed by atoms with Crippen LogP contribution in [0.1, 0.15) is 31.0 Å². The lowest BCUT2D eigenvalue weighted by atomic mass is 10.0. The number of nitrogen functional groups attached to an aromatic ring is 1. The maximum Gasteiger partial charge on any atom is 0.152 e. The van der Waals surface area contributed by atoms with Gasteiger partial charge in [-0.1, -0.05) is 44.2 Å². The number of nitrogens with two attached hydrogens (primary N) is 1. The minimum atomic E-state index is 0.0874. The van der Waals surface area contributed by atoms with E-state index in [1.165, 1.54) is 0 Å². The molecule has 0 amide bonds. The van der Waals surface area contributed by atoms with Crippen molar-refractivity contribution < 1.29 is 4.74 Å². The number of ether oxygens (including phenoxy) is 1. The summed E-state index contributed by atoms with van der Waals surface area (Å²) >= 11 is 0. The van der Waals surface area contributed by atoms with Crippen molar-refractivity contribution in [3.63, 3.8) is 0 Å². The molecule has 1 unspecified atom stereocenters. The molecule has 0 aliphatic carbocycles. The number of nitrogens with zero attached hydrogens (tertiary/aromatic N) is 4. The fraction of sp³-hybridized carbons (Fsp3) is 0.261. The molecule has 0 aliphatic rings. The highest BCUT2D eigenvalue weighted by atomic mass is 16.5. The molecule has 6 nitrogen and oxygen atoms in total. The van der Waals surface area contributed by atoms with Crippen molar-refractivity contribution in [2.45, 2.75) is 26.5 Å². The van der Waals surface area contributed by atoms with Gasteiger partial charge in [-0.25, -0.2) is 9.97 Å². The maximum absolute atomic E-state index is 9.07. The SMILES string of the molecule is CC(C)C(COCc1cccc(C#N)c1)n1cnc2c(N)nc3ccccc3c21. The van der Waals surface area contributed by atoms with Crippen LogP contribution in [0.2, 0.25) is 0 Å². The van der Waals surface area contributed by atoms with Gasteiger partial charge in [0.1, 0.15) is 5.52 Å². The zero-order chi connectivity index (χ0) is 20.4. The minimum Gasteiger partial charge on any atom is -0.382 e. The van der Waals surface area contributed by atoms with Crippen molar-refractivity contribution in [2.75, 3.05) is 12.3 Å². The molecule has 2 N–H and O–H groups in total. The number of anilines is 1. The van der Waals surface area contributed by atoms with Gasteiger partial charge >= 0.3 is 0 Å². The van der Waals surface area contributed by atoms with Gasteiger partial charge in [-0.05, 0) is 29.7 Å². The Hall–Kier alpha value is -3.43. The van der Waals surface area contributed by atoms with Crippen LogP contribution in [0.25, 0.3) is 21.9 Å². The first kappa shape index (κ1) is 18.9. The highest BCUT2D eigenvalue weighted by Gasteiger charge is 2.21. The Bertz CT molecular complexity index is 1210. The third kappa shape index (κ3) is 3.65. The summed E-state index contributed by atoms with van der Waals surface area (Å²) in [5.74, 6) is 0.764. The summed E-state index contributed by atoms with van der Waals surface area (Å²) in [5, 5.41) is 10.1. The molecule has 0 saturated heterocycles. The second kappa shape index (κ2) is 7.90. The van der Waals surface area contributed by atoms with Crippen molar-refractivity contribution in [1.82, 2.24) is 14.5 Å². The highest BCUT2D eigenvalue weighted by Crippen LogP contribution is 2.31. The Morgan fingerprint density at radius 2 is 2.00 bits per heavy atom. The average Bonchev–Trinajstić information content (AvgIpc) is 3.17. The van der Waals surface area contributed by atoms with Gasteiger partial charge in [0.05, 0.1) is 48.2 Å². The van der Waals surface area contributed by atoms with Crippen LogP contribution in [0.4, 0.5) is 5.82 Å². The summed E-state index contributed by atoms with van der Waals surface area (Å²) in [4.78, 5) is 9.03. The molecule has 29 heavy (non-hydrogen) atoms. The van der Waals surface area contributed by atoms with E-state index in [0.29, 0.717) is 30.5 Å². The van der Waals surface area contributed by atoms with Gasteiger partial charge in [-0.2, -0.15) is 5.26 Å². The number of aromatic nitrogens is 3. The largest absolute Gasteiger partial charge is 0.382 e. The number of hydrogen-bond donors (Lipinski definition) is 1. The lowest BCUT2D eigenvalue weighted by molar-refractivity contribution is 0.0767. The normalized spacial score (nSPS) is 12.5. The number of benzene rings is 2. The molecule has 4 aromatic rings. The number of fused-ring (bicyclic) bond motifs is 3. The highest BCUT2D eigenvalue weighted by molar-refractivity contribution is 6.06. The van der Waals surface area contributed by atoms with E-state index in [0.717, 1.165) is 27.5 Å². The molecule has 0 radical (unpaired) electrons. The number of rotatable bonds is 6. The Kier molecular flexibility index (Phi) is 5.15. The minimum absolute atomic E-state index is 0.0874. The van der Waals surface area contributed by atoms with Crippen LogP contribution in [0.15, 0.2) is 54.9 Å². The molecule has 0 saturated carbocycles. The first-order valence-corrected chi connectivity index (χ1v) is 9.66. The van der Waals surface area contributed by atoms with Crippen molar-refractivity contribution in [2.24, 2.45) is 5.92 Å². The average molecular weight is 385 g/mol. The molecule has 0 spiro atoms. The predicted octanol–water partition coefficient (Wildman–Crippen LogP) is 4.45. The number of pyridine rings is 1. The number of imidazole rings is 1. The summed E-state index contributed by atoms with van der Waals surface area (Å²) in [5.41, 5.74) is 10.4. The van der Waals surface area contributed by atoms with Crippen molar-refractivity contribution in [3.05, 3.63) is 66.0 Å². The molecule has 2 aromatic carbocycles. The summed E-state index contributed by atoms with van der Waals surface area (Å²) in [7, 11) is 0. The van der Waals surface area contributed by atoms with E-state index in [2.05, 4.69) is 34.5 Å².